The average Bonchev–Trinajstić information content (AvgIpc) is 3.21. The fourth-order valence-electron chi connectivity index (χ4n) is 2.20. The summed E-state index contributed by atoms with van der Waals surface area (Å²) in [5.41, 5.74) is 2.95. The monoisotopic (exact) mass is 384 g/mol. The van der Waals surface area contributed by atoms with Crippen LogP contribution in [0.2, 0.25) is 0 Å². The van der Waals surface area contributed by atoms with Gasteiger partial charge in [0.25, 0.3) is 0 Å². The average molecular weight is 385 g/mol. The summed E-state index contributed by atoms with van der Waals surface area (Å²) in [6.07, 6.45) is 4.78. The van der Waals surface area contributed by atoms with Gasteiger partial charge in [-0.15, -0.1) is 0 Å². The predicted molar refractivity (Wildman–Crippen MR) is 92.6 cm³/mol. The molecule has 2 aromatic heterocycles. The van der Waals surface area contributed by atoms with Crippen molar-refractivity contribution in [2.24, 2.45) is 7.05 Å². The molecule has 5 nitrogen and oxygen atoms in total. The minimum absolute atomic E-state index is 0.0906. The van der Waals surface area contributed by atoms with Crippen LogP contribution in [0.1, 0.15) is 17.0 Å². The molecule has 9 heteroatoms. The molecule has 0 aliphatic rings. The Balaban J connectivity index is 1.52. The summed E-state index contributed by atoms with van der Waals surface area (Å²) in [4.78, 5) is 3.62. The summed E-state index contributed by atoms with van der Waals surface area (Å²) in [5, 5.41) is 4.01. The molecule has 0 fully saturated rings. The summed E-state index contributed by atoms with van der Waals surface area (Å²) in [7, 11) is 1.90. The van der Waals surface area contributed by atoms with E-state index in [0.717, 1.165) is 23.5 Å². The molecule has 3 aromatic rings. The lowest BCUT2D eigenvalue weighted by atomic mass is 10.1. The highest BCUT2D eigenvalue weighted by molar-refractivity contribution is 7.98. The van der Waals surface area contributed by atoms with Gasteiger partial charge in [-0.2, -0.15) is 30.6 Å². The molecule has 1 aromatic carbocycles. The molecule has 0 radical (unpaired) electrons. The SMILES string of the molecule is Cn1cc(CSCCc2ccc(-c3noc(C(F)(F)Cl)n3)cc2)cn1. The first-order chi connectivity index (χ1) is 11.9. The Morgan fingerprint density at radius 1 is 1.24 bits per heavy atom. The zero-order chi connectivity index (χ0) is 17.9. The summed E-state index contributed by atoms with van der Waals surface area (Å²) in [6, 6.07) is 7.41. The molecule has 0 amide bonds. The second-order valence-electron chi connectivity index (χ2n) is 5.44. The molecule has 0 saturated carbocycles. The van der Waals surface area contributed by atoms with Crippen molar-refractivity contribution >= 4 is 23.4 Å². The van der Waals surface area contributed by atoms with Gasteiger partial charge in [-0.1, -0.05) is 29.4 Å². The van der Waals surface area contributed by atoms with Gasteiger partial charge in [-0.05, 0) is 34.9 Å². The Labute approximate surface area is 152 Å². The van der Waals surface area contributed by atoms with Crippen molar-refractivity contribution in [2.75, 3.05) is 5.75 Å². The lowest BCUT2D eigenvalue weighted by Gasteiger charge is -2.02. The van der Waals surface area contributed by atoms with E-state index in [2.05, 4.69) is 19.8 Å². The minimum atomic E-state index is -3.66. The Bertz CT molecular complexity index is 829. The van der Waals surface area contributed by atoms with E-state index in [1.54, 1.807) is 16.8 Å². The number of hydrogen-bond donors (Lipinski definition) is 0. The van der Waals surface area contributed by atoms with Gasteiger partial charge in [0.05, 0.1) is 6.20 Å². The zero-order valence-electron chi connectivity index (χ0n) is 13.3. The third-order valence-electron chi connectivity index (χ3n) is 3.44. The van der Waals surface area contributed by atoms with Crippen LogP contribution in [-0.2, 0) is 24.6 Å². The van der Waals surface area contributed by atoms with Crippen LogP contribution in [0.15, 0.2) is 41.2 Å². The van der Waals surface area contributed by atoms with Gasteiger partial charge >= 0.3 is 11.3 Å². The minimum Gasteiger partial charge on any atom is -0.331 e. The van der Waals surface area contributed by atoms with Crippen molar-refractivity contribution in [3.63, 3.8) is 0 Å². The topological polar surface area (TPSA) is 56.7 Å². The third kappa shape index (κ3) is 4.79. The van der Waals surface area contributed by atoms with Gasteiger partial charge in [0.1, 0.15) is 0 Å². The third-order valence-corrected chi connectivity index (χ3v) is 4.63. The van der Waals surface area contributed by atoms with Crippen LogP contribution in [0.5, 0.6) is 0 Å². The summed E-state index contributed by atoms with van der Waals surface area (Å²) < 4.78 is 32.1. The lowest BCUT2D eigenvalue weighted by Crippen LogP contribution is -2.03. The number of nitrogens with zero attached hydrogens (tertiary/aromatic N) is 4. The van der Waals surface area contributed by atoms with Gasteiger partial charge < -0.3 is 4.52 Å². The van der Waals surface area contributed by atoms with E-state index in [4.69, 9.17) is 11.6 Å². The van der Waals surface area contributed by atoms with E-state index in [1.807, 2.05) is 43.3 Å². The summed E-state index contributed by atoms with van der Waals surface area (Å²) in [5.74, 6) is 1.08. The molecule has 2 heterocycles. The number of aromatic nitrogens is 4. The first-order valence-corrected chi connectivity index (χ1v) is 9.00. The first-order valence-electron chi connectivity index (χ1n) is 7.47. The number of benzene rings is 1. The Kier molecular flexibility index (Phi) is 5.39. The van der Waals surface area contributed by atoms with Gasteiger partial charge in [-0.3, -0.25) is 4.68 Å². The maximum atomic E-state index is 12.9. The smallest absolute Gasteiger partial charge is 0.331 e. The van der Waals surface area contributed by atoms with Gasteiger partial charge in [0, 0.05) is 24.6 Å². The number of hydrogen-bond acceptors (Lipinski definition) is 5. The predicted octanol–water partition coefficient (Wildman–Crippen LogP) is 4.23. The van der Waals surface area contributed by atoms with Crippen LogP contribution in [0, 0.1) is 0 Å². The van der Waals surface area contributed by atoms with Crippen LogP contribution in [0.25, 0.3) is 11.4 Å². The molecule has 0 N–H and O–H groups in total. The van der Waals surface area contributed by atoms with Crippen molar-refractivity contribution < 1.29 is 13.3 Å². The van der Waals surface area contributed by atoms with E-state index in [9.17, 15) is 8.78 Å². The highest BCUT2D eigenvalue weighted by Crippen LogP contribution is 2.32. The maximum absolute atomic E-state index is 12.9. The van der Waals surface area contributed by atoms with Crippen molar-refractivity contribution in [2.45, 2.75) is 17.6 Å². The quantitative estimate of drug-likeness (QED) is 0.450. The molecule has 0 aliphatic carbocycles. The van der Waals surface area contributed by atoms with Crippen molar-refractivity contribution in [1.82, 2.24) is 19.9 Å². The number of alkyl halides is 3. The maximum Gasteiger partial charge on any atom is 0.400 e. The summed E-state index contributed by atoms with van der Waals surface area (Å²) >= 11 is 6.69. The van der Waals surface area contributed by atoms with Crippen molar-refractivity contribution in [1.29, 1.82) is 0 Å². The Morgan fingerprint density at radius 2 is 2.00 bits per heavy atom. The van der Waals surface area contributed by atoms with E-state index < -0.39 is 11.3 Å². The molecule has 0 saturated heterocycles. The van der Waals surface area contributed by atoms with Crippen LogP contribution >= 0.6 is 23.4 Å². The normalized spacial score (nSPS) is 11.8. The van der Waals surface area contributed by atoms with Crippen LogP contribution in [0.3, 0.4) is 0 Å². The van der Waals surface area contributed by atoms with E-state index in [0.29, 0.717) is 5.56 Å². The molecule has 0 bridgehead atoms. The molecule has 0 spiro atoms. The fraction of sp³-hybridized carbons (Fsp3) is 0.312. The standard InChI is InChI=1S/C16H15ClF2N4OS/c1-23-9-12(8-20-23)10-25-7-6-11-2-4-13(5-3-11)14-21-15(24-22-14)16(17,18)19/h2-5,8-9H,6-7,10H2,1H3. The highest BCUT2D eigenvalue weighted by atomic mass is 35.5. The lowest BCUT2D eigenvalue weighted by molar-refractivity contribution is 0.0551. The molecule has 3 rings (SSSR count). The van der Waals surface area contributed by atoms with E-state index in [1.165, 1.54) is 5.56 Å². The second kappa shape index (κ2) is 7.53. The van der Waals surface area contributed by atoms with Crippen LogP contribution in [0.4, 0.5) is 8.78 Å². The molecule has 0 aliphatic heterocycles. The molecule has 132 valence electrons. The number of halogens is 3. The number of thioether (sulfide) groups is 1. The number of rotatable bonds is 7. The molecular formula is C16H15ClF2N4OS. The Morgan fingerprint density at radius 3 is 2.60 bits per heavy atom. The van der Waals surface area contributed by atoms with E-state index in [-0.39, 0.29) is 5.82 Å². The molecule has 0 atom stereocenters. The van der Waals surface area contributed by atoms with Crippen LogP contribution in [-0.4, -0.2) is 25.7 Å². The molecular weight excluding hydrogens is 370 g/mol. The van der Waals surface area contributed by atoms with Gasteiger partial charge in [0.2, 0.25) is 5.82 Å². The number of aryl methyl sites for hydroxylation is 2. The van der Waals surface area contributed by atoms with Crippen molar-refractivity contribution in [3.8, 4) is 11.4 Å². The first kappa shape index (κ1) is 17.9. The van der Waals surface area contributed by atoms with Crippen molar-refractivity contribution in [3.05, 3.63) is 53.7 Å². The second-order valence-corrected chi connectivity index (χ2v) is 7.02. The zero-order valence-corrected chi connectivity index (χ0v) is 14.9. The fourth-order valence-corrected chi connectivity index (χ4v) is 3.19. The highest BCUT2D eigenvalue weighted by Gasteiger charge is 2.35. The largest absolute Gasteiger partial charge is 0.400 e. The van der Waals surface area contributed by atoms with Gasteiger partial charge in [0.15, 0.2) is 0 Å². The van der Waals surface area contributed by atoms with Crippen LogP contribution < -0.4 is 0 Å². The Hall–Kier alpha value is -1.93. The summed E-state index contributed by atoms with van der Waals surface area (Å²) in [6.45, 7) is 0. The molecule has 25 heavy (non-hydrogen) atoms. The van der Waals surface area contributed by atoms with Gasteiger partial charge in [-0.25, -0.2) is 0 Å². The van der Waals surface area contributed by atoms with E-state index >= 15 is 0 Å². The molecule has 0 unspecified atom stereocenters.